The molecule has 0 amide bonds. The third-order valence-electron chi connectivity index (χ3n) is 2.28. The smallest absolute Gasteiger partial charge is 0.107 e. The van der Waals surface area contributed by atoms with Crippen molar-refractivity contribution in [2.45, 2.75) is 0 Å². The zero-order valence-corrected chi connectivity index (χ0v) is 8.94. The third kappa shape index (κ3) is 1.53. The Morgan fingerprint density at radius 1 is 1.12 bits per heavy atom. The van der Waals surface area contributed by atoms with E-state index in [0.717, 1.165) is 22.4 Å². The maximum absolute atomic E-state index is 5.91. The first-order valence-corrected chi connectivity index (χ1v) is 5.13. The first kappa shape index (κ1) is 9.30. The molecule has 0 atom stereocenters. The van der Waals surface area contributed by atoms with Crippen molar-refractivity contribution in [3.05, 3.63) is 41.7 Å². The summed E-state index contributed by atoms with van der Waals surface area (Å²) >= 11 is 5.91. The molecule has 3 rings (SSSR count). The van der Waals surface area contributed by atoms with Crippen molar-refractivity contribution in [2.75, 3.05) is 0 Å². The fraction of sp³-hybridized carbons (Fsp3) is 0. The Kier molecular flexibility index (Phi) is 2.08. The summed E-state index contributed by atoms with van der Waals surface area (Å²) < 4.78 is 0. The number of nitrogens with zero attached hydrogens (tertiary/aromatic N) is 3. The molecule has 0 spiro atoms. The van der Waals surface area contributed by atoms with Crippen LogP contribution in [0.5, 0.6) is 0 Å². The van der Waals surface area contributed by atoms with Gasteiger partial charge in [-0.2, -0.15) is 5.10 Å². The average molecular weight is 231 g/mol. The van der Waals surface area contributed by atoms with E-state index in [1.54, 1.807) is 24.5 Å². The molecule has 2 aromatic heterocycles. The van der Waals surface area contributed by atoms with E-state index in [1.807, 2.05) is 12.1 Å². The molecule has 78 valence electrons. The second kappa shape index (κ2) is 3.57. The first-order chi connectivity index (χ1) is 7.83. The molecule has 0 saturated carbocycles. The van der Waals surface area contributed by atoms with E-state index < -0.39 is 0 Å². The van der Waals surface area contributed by atoms with Gasteiger partial charge in [0.05, 0.1) is 22.9 Å². The molecule has 1 N–H and O–H groups in total. The van der Waals surface area contributed by atoms with Gasteiger partial charge in [0.15, 0.2) is 0 Å². The van der Waals surface area contributed by atoms with E-state index >= 15 is 0 Å². The minimum atomic E-state index is 0.656. The fourth-order valence-electron chi connectivity index (χ4n) is 1.51. The van der Waals surface area contributed by atoms with E-state index in [2.05, 4.69) is 20.2 Å². The van der Waals surface area contributed by atoms with E-state index in [9.17, 15) is 0 Å². The van der Waals surface area contributed by atoms with Gasteiger partial charge in [-0.3, -0.25) is 10.1 Å². The zero-order valence-electron chi connectivity index (χ0n) is 8.18. The van der Waals surface area contributed by atoms with Crippen LogP contribution in [0.3, 0.4) is 0 Å². The largest absolute Gasteiger partial charge is 0.276 e. The molecule has 0 saturated heterocycles. The summed E-state index contributed by atoms with van der Waals surface area (Å²) in [7, 11) is 0. The Labute approximate surface area is 96.3 Å². The lowest BCUT2D eigenvalue weighted by atomic mass is 10.2. The first-order valence-electron chi connectivity index (χ1n) is 4.75. The van der Waals surface area contributed by atoms with E-state index in [4.69, 9.17) is 11.6 Å². The average Bonchev–Trinajstić information content (AvgIpc) is 2.81. The van der Waals surface area contributed by atoms with Crippen LogP contribution >= 0.6 is 11.6 Å². The van der Waals surface area contributed by atoms with Crippen molar-refractivity contribution < 1.29 is 0 Å². The van der Waals surface area contributed by atoms with Crippen LogP contribution in [0, 0.1) is 0 Å². The maximum Gasteiger partial charge on any atom is 0.107 e. The molecule has 0 unspecified atom stereocenters. The summed E-state index contributed by atoms with van der Waals surface area (Å²) in [6, 6.07) is 7.29. The lowest BCUT2D eigenvalue weighted by molar-refractivity contribution is 1.08. The number of aromatic nitrogens is 4. The Balaban J connectivity index is 2.22. The minimum Gasteiger partial charge on any atom is -0.276 e. The van der Waals surface area contributed by atoms with Crippen molar-refractivity contribution in [3.63, 3.8) is 0 Å². The van der Waals surface area contributed by atoms with Crippen molar-refractivity contribution >= 4 is 22.6 Å². The Morgan fingerprint density at radius 3 is 2.88 bits per heavy atom. The van der Waals surface area contributed by atoms with Crippen LogP contribution in [-0.4, -0.2) is 20.2 Å². The lowest BCUT2D eigenvalue weighted by Crippen LogP contribution is -1.88. The summed E-state index contributed by atoms with van der Waals surface area (Å²) in [5.41, 5.74) is 3.20. The molecule has 3 aromatic rings. The number of benzene rings is 1. The number of nitrogens with one attached hydrogen (secondary N) is 1. The molecule has 0 fully saturated rings. The standard InChI is InChI=1S/C11H7ClN4/c12-7-1-2-8-10(5-7)15-11(6-13-8)9-3-4-14-16-9/h1-6H,(H,14,16). The van der Waals surface area contributed by atoms with Crippen molar-refractivity contribution in [1.29, 1.82) is 0 Å². The molecule has 1 aromatic carbocycles. The summed E-state index contributed by atoms with van der Waals surface area (Å²) in [5, 5.41) is 7.38. The van der Waals surface area contributed by atoms with Gasteiger partial charge in [-0.15, -0.1) is 0 Å². The number of rotatable bonds is 1. The highest BCUT2D eigenvalue weighted by atomic mass is 35.5. The highest BCUT2D eigenvalue weighted by molar-refractivity contribution is 6.31. The number of H-pyrrole nitrogens is 1. The lowest BCUT2D eigenvalue weighted by Gasteiger charge is -2.00. The zero-order chi connectivity index (χ0) is 11.0. The van der Waals surface area contributed by atoms with Crippen LogP contribution in [0.2, 0.25) is 5.02 Å². The van der Waals surface area contributed by atoms with Gasteiger partial charge in [0.2, 0.25) is 0 Å². The van der Waals surface area contributed by atoms with Crippen molar-refractivity contribution in [1.82, 2.24) is 20.2 Å². The molecule has 16 heavy (non-hydrogen) atoms. The number of aromatic amines is 1. The van der Waals surface area contributed by atoms with Gasteiger partial charge in [0.25, 0.3) is 0 Å². The van der Waals surface area contributed by atoms with E-state index in [1.165, 1.54) is 0 Å². The minimum absolute atomic E-state index is 0.656. The van der Waals surface area contributed by atoms with E-state index in [0.29, 0.717) is 5.02 Å². The predicted molar refractivity (Wildman–Crippen MR) is 62.1 cm³/mol. The second-order valence-corrected chi connectivity index (χ2v) is 3.80. The van der Waals surface area contributed by atoms with Crippen LogP contribution in [0.4, 0.5) is 0 Å². The van der Waals surface area contributed by atoms with Gasteiger partial charge in [0, 0.05) is 11.2 Å². The molecule has 5 heteroatoms. The van der Waals surface area contributed by atoms with Crippen LogP contribution in [0.25, 0.3) is 22.4 Å². The van der Waals surface area contributed by atoms with Gasteiger partial charge in [-0.1, -0.05) is 11.6 Å². The molecule has 2 heterocycles. The Morgan fingerprint density at radius 2 is 2.06 bits per heavy atom. The SMILES string of the molecule is Clc1ccc2ncc(-c3ccn[nH]3)nc2c1. The number of hydrogen-bond acceptors (Lipinski definition) is 3. The molecule has 0 aliphatic rings. The van der Waals surface area contributed by atoms with Crippen LogP contribution in [0.15, 0.2) is 36.7 Å². The molecular formula is C11H7ClN4. The summed E-state index contributed by atoms with van der Waals surface area (Å²) in [5.74, 6) is 0. The highest BCUT2D eigenvalue weighted by Crippen LogP contribution is 2.19. The topological polar surface area (TPSA) is 54.5 Å². The maximum atomic E-state index is 5.91. The van der Waals surface area contributed by atoms with Crippen molar-refractivity contribution in [2.24, 2.45) is 0 Å². The quantitative estimate of drug-likeness (QED) is 0.699. The van der Waals surface area contributed by atoms with Gasteiger partial charge in [-0.25, -0.2) is 4.98 Å². The highest BCUT2D eigenvalue weighted by Gasteiger charge is 2.03. The van der Waals surface area contributed by atoms with Gasteiger partial charge < -0.3 is 0 Å². The Hall–Kier alpha value is -1.94. The summed E-state index contributed by atoms with van der Waals surface area (Å²) in [4.78, 5) is 8.77. The van der Waals surface area contributed by atoms with Crippen LogP contribution < -0.4 is 0 Å². The van der Waals surface area contributed by atoms with Gasteiger partial charge in [0.1, 0.15) is 5.69 Å². The van der Waals surface area contributed by atoms with Gasteiger partial charge >= 0.3 is 0 Å². The summed E-state index contributed by atoms with van der Waals surface area (Å²) in [6.45, 7) is 0. The van der Waals surface area contributed by atoms with Gasteiger partial charge in [-0.05, 0) is 24.3 Å². The third-order valence-corrected chi connectivity index (χ3v) is 2.52. The van der Waals surface area contributed by atoms with E-state index in [-0.39, 0.29) is 0 Å². The second-order valence-electron chi connectivity index (χ2n) is 3.36. The van der Waals surface area contributed by atoms with Crippen LogP contribution in [-0.2, 0) is 0 Å². The number of hydrogen-bond donors (Lipinski definition) is 1. The molecule has 4 nitrogen and oxygen atoms in total. The van der Waals surface area contributed by atoms with Crippen molar-refractivity contribution in [3.8, 4) is 11.4 Å². The molecular weight excluding hydrogens is 224 g/mol. The molecule has 0 aliphatic heterocycles. The monoisotopic (exact) mass is 230 g/mol. The molecule has 0 bridgehead atoms. The normalized spacial score (nSPS) is 10.8. The number of halogens is 1. The van der Waals surface area contributed by atoms with Crippen LogP contribution in [0.1, 0.15) is 0 Å². The number of fused-ring (bicyclic) bond motifs is 1. The Bertz CT molecular complexity index is 634. The predicted octanol–water partition coefficient (Wildman–Crippen LogP) is 2.67. The summed E-state index contributed by atoms with van der Waals surface area (Å²) in [6.07, 6.45) is 3.39. The fourth-order valence-corrected chi connectivity index (χ4v) is 1.68. The molecule has 0 radical (unpaired) electrons. The molecule has 0 aliphatic carbocycles.